The Morgan fingerprint density at radius 1 is 1.17 bits per heavy atom. The Labute approximate surface area is 140 Å². The molecule has 0 radical (unpaired) electrons. The predicted molar refractivity (Wildman–Crippen MR) is 92.7 cm³/mol. The first kappa shape index (κ1) is 16.0. The van der Waals surface area contributed by atoms with Crippen LogP contribution >= 0.6 is 0 Å². The van der Waals surface area contributed by atoms with Crippen molar-refractivity contribution in [3.05, 3.63) is 47.2 Å². The van der Waals surface area contributed by atoms with Gasteiger partial charge in [-0.15, -0.1) is 10.2 Å². The van der Waals surface area contributed by atoms with Crippen LogP contribution in [0.2, 0.25) is 0 Å². The zero-order valence-corrected chi connectivity index (χ0v) is 14.4. The van der Waals surface area contributed by atoms with E-state index in [9.17, 15) is 0 Å². The number of nitrogens with zero attached hydrogens (tertiary/aromatic N) is 6. The van der Waals surface area contributed by atoms with Crippen LogP contribution in [-0.2, 0) is 20.1 Å². The van der Waals surface area contributed by atoms with E-state index in [0.717, 1.165) is 22.9 Å². The largest absolute Gasteiger partial charge is 0.352 e. The molecule has 0 amide bonds. The van der Waals surface area contributed by atoms with Gasteiger partial charge < -0.3 is 10.6 Å². The van der Waals surface area contributed by atoms with Crippen LogP contribution < -0.4 is 10.6 Å². The first-order valence-electron chi connectivity index (χ1n) is 7.82. The molecular weight excluding hydrogens is 304 g/mol. The molecule has 0 bridgehead atoms. The van der Waals surface area contributed by atoms with Gasteiger partial charge in [0.2, 0.25) is 0 Å². The molecule has 0 aliphatic rings. The van der Waals surface area contributed by atoms with Crippen LogP contribution in [0.5, 0.6) is 0 Å². The van der Waals surface area contributed by atoms with Crippen molar-refractivity contribution in [2.24, 2.45) is 12.0 Å². The summed E-state index contributed by atoms with van der Waals surface area (Å²) in [4.78, 5) is 4.26. The van der Waals surface area contributed by atoms with Gasteiger partial charge in [0, 0.05) is 38.1 Å². The number of aryl methyl sites for hydroxylation is 2. The standard InChI is InChI=1S/C16H22N8/c1-11-13(12(2)23(4)22-11)9-18-16(17-3)19-10-15-21-20-14-7-5-6-8-24(14)15/h5-8H,9-10H2,1-4H3,(H2,17,18,19). The third kappa shape index (κ3) is 3.08. The van der Waals surface area contributed by atoms with Crippen LogP contribution in [0.15, 0.2) is 29.4 Å². The number of nitrogens with one attached hydrogen (secondary N) is 2. The average Bonchev–Trinajstić information content (AvgIpc) is 3.10. The summed E-state index contributed by atoms with van der Waals surface area (Å²) in [5.74, 6) is 1.55. The summed E-state index contributed by atoms with van der Waals surface area (Å²) in [6.07, 6.45) is 1.95. The molecule has 0 atom stereocenters. The van der Waals surface area contributed by atoms with Gasteiger partial charge in [-0.1, -0.05) is 6.07 Å². The maximum atomic E-state index is 4.43. The first-order valence-corrected chi connectivity index (χ1v) is 7.82. The second kappa shape index (κ2) is 6.69. The lowest BCUT2D eigenvalue weighted by Gasteiger charge is -2.11. The van der Waals surface area contributed by atoms with E-state index in [0.29, 0.717) is 19.0 Å². The Hall–Kier alpha value is -2.90. The van der Waals surface area contributed by atoms with Gasteiger partial charge in [0.25, 0.3) is 0 Å². The lowest BCUT2D eigenvalue weighted by molar-refractivity contribution is 0.727. The third-order valence-corrected chi connectivity index (χ3v) is 4.11. The molecule has 8 heteroatoms. The molecule has 0 aliphatic heterocycles. The van der Waals surface area contributed by atoms with Crippen LogP contribution in [0.25, 0.3) is 5.65 Å². The van der Waals surface area contributed by atoms with E-state index in [1.807, 2.05) is 47.4 Å². The molecule has 0 fully saturated rings. The lowest BCUT2D eigenvalue weighted by Crippen LogP contribution is -2.37. The molecule has 3 aromatic rings. The lowest BCUT2D eigenvalue weighted by atomic mass is 10.2. The Morgan fingerprint density at radius 2 is 1.96 bits per heavy atom. The Bertz CT molecular complexity index is 873. The highest BCUT2D eigenvalue weighted by Crippen LogP contribution is 2.11. The van der Waals surface area contributed by atoms with Gasteiger partial charge in [-0.2, -0.15) is 5.10 Å². The number of rotatable bonds is 4. The van der Waals surface area contributed by atoms with Gasteiger partial charge in [0.1, 0.15) is 0 Å². The molecule has 126 valence electrons. The predicted octanol–water partition coefficient (Wildman–Crippen LogP) is 0.945. The molecule has 3 rings (SSSR count). The van der Waals surface area contributed by atoms with Crippen LogP contribution in [-0.4, -0.2) is 37.4 Å². The number of fused-ring (bicyclic) bond motifs is 1. The van der Waals surface area contributed by atoms with E-state index in [1.54, 1.807) is 7.05 Å². The van der Waals surface area contributed by atoms with E-state index >= 15 is 0 Å². The highest BCUT2D eigenvalue weighted by atomic mass is 15.3. The molecule has 3 heterocycles. The van der Waals surface area contributed by atoms with Gasteiger partial charge in [-0.25, -0.2) is 0 Å². The minimum absolute atomic E-state index is 0.538. The van der Waals surface area contributed by atoms with Gasteiger partial charge in [-0.3, -0.25) is 14.1 Å². The Balaban J connectivity index is 1.63. The van der Waals surface area contributed by atoms with Crippen LogP contribution in [0, 0.1) is 13.8 Å². The molecule has 0 aromatic carbocycles. The normalized spacial score (nSPS) is 11.9. The van der Waals surface area contributed by atoms with E-state index in [1.165, 1.54) is 5.56 Å². The summed E-state index contributed by atoms with van der Waals surface area (Å²) in [5.41, 5.74) is 4.20. The van der Waals surface area contributed by atoms with Crippen molar-refractivity contribution in [2.75, 3.05) is 7.05 Å². The van der Waals surface area contributed by atoms with Crippen molar-refractivity contribution in [1.82, 2.24) is 35.0 Å². The molecule has 0 saturated heterocycles. The number of pyridine rings is 1. The fourth-order valence-corrected chi connectivity index (χ4v) is 2.64. The second-order valence-electron chi connectivity index (χ2n) is 5.60. The van der Waals surface area contributed by atoms with Crippen molar-refractivity contribution in [3.63, 3.8) is 0 Å². The van der Waals surface area contributed by atoms with E-state index in [-0.39, 0.29) is 0 Å². The summed E-state index contributed by atoms with van der Waals surface area (Å²) in [6.45, 7) is 5.29. The topological polar surface area (TPSA) is 84.4 Å². The van der Waals surface area contributed by atoms with Gasteiger partial charge in [-0.05, 0) is 26.0 Å². The van der Waals surface area contributed by atoms with Crippen molar-refractivity contribution in [2.45, 2.75) is 26.9 Å². The van der Waals surface area contributed by atoms with Crippen molar-refractivity contribution in [1.29, 1.82) is 0 Å². The zero-order chi connectivity index (χ0) is 17.1. The van der Waals surface area contributed by atoms with Gasteiger partial charge in [0.05, 0.1) is 12.2 Å². The van der Waals surface area contributed by atoms with Crippen molar-refractivity contribution in [3.8, 4) is 0 Å². The summed E-state index contributed by atoms with van der Waals surface area (Å²) < 4.78 is 3.85. The number of guanidine groups is 1. The average molecular weight is 326 g/mol. The second-order valence-corrected chi connectivity index (χ2v) is 5.60. The van der Waals surface area contributed by atoms with E-state index in [4.69, 9.17) is 0 Å². The highest BCUT2D eigenvalue weighted by Gasteiger charge is 2.10. The molecule has 2 N–H and O–H groups in total. The first-order chi connectivity index (χ1) is 11.6. The van der Waals surface area contributed by atoms with E-state index in [2.05, 4.69) is 37.8 Å². The fraction of sp³-hybridized carbons (Fsp3) is 0.375. The summed E-state index contributed by atoms with van der Waals surface area (Å²) in [6, 6.07) is 5.83. The number of aliphatic imine (C=N–C) groups is 1. The smallest absolute Gasteiger partial charge is 0.191 e. The maximum absolute atomic E-state index is 4.43. The maximum Gasteiger partial charge on any atom is 0.191 e. The number of hydrogen-bond acceptors (Lipinski definition) is 4. The SMILES string of the molecule is CN=C(NCc1c(C)nn(C)c1C)NCc1nnc2ccccn12. The molecule has 0 unspecified atom stereocenters. The minimum atomic E-state index is 0.538. The Morgan fingerprint density at radius 3 is 2.67 bits per heavy atom. The number of hydrogen-bond donors (Lipinski definition) is 2. The molecular formula is C16H22N8. The molecule has 0 saturated carbocycles. The van der Waals surface area contributed by atoms with E-state index < -0.39 is 0 Å². The fourth-order valence-electron chi connectivity index (χ4n) is 2.64. The zero-order valence-electron chi connectivity index (χ0n) is 14.4. The molecule has 8 nitrogen and oxygen atoms in total. The quantitative estimate of drug-likeness (QED) is 0.551. The van der Waals surface area contributed by atoms with Crippen LogP contribution in [0.1, 0.15) is 22.8 Å². The van der Waals surface area contributed by atoms with Gasteiger partial charge in [0.15, 0.2) is 17.4 Å². The molecule has 3 aromatic heterocycles. The molecule has 24 heavy (non-hydrogen) atoms. The van der Waals surface area contributed by atoms with Crippen LogP contribution in [0.4, 0.5) is 0 Å². The minimum Gasteiger partial charge on any atom is -0.352 e. The van der Waals surface area contributed by atoms with Crippen molar-refractivity contribution < 1.29 is 0 Å². The van der Waals surface area contributed by atoms with Gasteiger partial charge >= 0.3 is 0 Å². The van der Waals surface area contributed by atoms with Crippen LogP contribution in [0.3, 0.4) is 0 Å². The summed E-state index contributed by atoms with van der Waals surface area (Å²) in [7, 11) is 3.70. The third-order valence-electron chi connectivity index (χ3n) is 4.11. The van der Waals surface area contributed by atoms with Crippen molar-refractivity contribution >= 4 is 11.6 Å². The number of aromatic nitrogens is 5. The Kier molecular flexibility index (Phi) is 4.45. The monoisotopic (exact) mass is 326 g/mol. The summed E-state index contributed by atoms with van der Waals surface area (Å²) >= 11 is 0. The highest BCUT2D eigenvalue weighted by molar-refractivity contribution is 5.79. The summed E-state index contributed by atoms with van der Waals surface area (Å²) in [5, 5.41) is 19.4. The molecule has 0 aliphatic carbocycles. The molecule has 0 spiro atoms.